The van der Waals surface area contributed by atoms with Crippen LogP contribution in [-0.2, 0) is 4.79 Å². The molecule has 2 nitrogen and oxygen atoms in total. The zero-order chi connectivity index (χ0) is 8.15. The average molecular weight is 147 g/mol. The second-order valence-corrected chi connectivity index (χ2v) is 2.73. The number of hydrogen-bond acceptors (Lipinski definition) is 2. The molecule has 0 amide bonds. The van der Waals surface area contributed by atoms with E-state index in [1.165, 1.54) is 6.92 Å². The zero-order valence-corrected chi connectivity index (χ0v) is 6.65. The minimum absolute atomic E-state index is 0.0386. The van der Waals surface area contributed by atoms with Crippen molar-refractivity contribution in [1.82, 2.24) is 5.32 Å². The average Bonchev–Trinajstić information content (AvgIpc) is 1.82. The Kier molecular flexibility index (Phi) is 4.19. The van der Waals surface area contributed by atoms with Crippen molar-refractivity contribution in [2.45, 2.75) is 27.1 Å². The lowest BCUT2D eigenvalue weighted by atomic mass is 10.2. The Hall–Kier alpha value is -0.440. The molecule has 0 saturated heterocycles. The van der Waals surface area contributed by atoms with Gasteiger partial charge in [0.25, 0.3) is 0 Å². The highest BCUT2D eigenvalue weighted by Crippen LogP contribution is 2.00. The number of alkyl halides is 1. The van der Waals surface area contributed by atoms with Gasteiger partial charge in [0.1, 0.15) is 5.78 Å². The smallest absolute Gasteiger partial charge is 0.153 e. The third kappa shape index (κ3) is 4.44. The third-order valence-corrected chi connectivity index (χ3v) is 1.13. The summed E-state index contributed by atoms with van der Waals surface area (Å²) in [6.07, 6.45) is -1.07. The summed E-state index contributed by atoms with van der Waals surface area (Å²) in [5.41, 5.74) is 0. The third-order valence-electron chi connectivity index (χ3n) is 1.13. The lowest BCUT2D eigenvalue weighted by Gasteiger charge is -2.11. The Morgan fingerprint density at radius 1 is 1.60 bits per heavy atom. The quantitative estimate of drug-likeness (QED) is 0.604. The van der Waals surface area contributed by atoms with E-state index in [1.807, 2.05) is 0 Å². The van der Waals surface area contributed by atoms with Gasteiger partial charge in [0.15, 0.2) is 6.30 Å². The minimum Gasteiger partial charge on any atom is -0.299 e. The highest BCUT2D eigenvalue weighted by Gasteiger charge is 2.09. The lowest BCUT2D eigenvalue weighted by Crippen LogP contribution is -2.33. The molecule has 1 N–H and O–H groups in total. The first-order chi connectivity index (χ1) is 4.54. The van der Waals surface area contributed by atoms with Gasteiger partial charge in [-0.25, -0.2) is 4.39 Å². The maximum atomic E-state index is 12.6. The highest BCUT2D eigenvalue weighted by atomic mass is 19.1. The largest absolute Gasteiger partial charge is 0.299 e. The molecular formula is C7H14FNO. The first kappa shape index (κ1) is 9.56. The van der Waals surface area contributed by atoms with Crippen LogP contribution in [0.4, 0.5) is 4.39 Å². The van der Waals surface area contributed by atoms with E-state index in [9.17, 15) is 9.18 Å². The number of nitrogens with one attached hydrogen (secondary N) is 1. The van der Waals surface area contributed by atoms with Gasteiger partial charge in [-0.15, -0.1) is 0 Å². The van der Waals surface area contributed by atoms with Gasteiger partial charge in [-0.05, 0) is 12.8 Å². The summed E-state index contributed by atoms with van der Waals surface area (Å²) in [5, 5.41) is 2.47. The van der Waals surface area contributed by atoms with Crippen molar-refractivity contribution in [2.75, 3.05) is 6.54 Å². The molecule has 0 aliphatic rings. The van der Waals surface area contributed by atoms with Crippen LogP contribution >= 0.6 is 0 Å². The normalized spacial score (nSPS) is 13.7. The summed E-state index contributed by atoms with van der Waals surface area (Å²) < 4.78 is 12.6. The maximum absolute atomic E-state index is 12.6. The summed E-state index contributed by atoms with van der Waals surface area (Å²) in [7, 11) is 0. The molecule has 1 atom stereocenters. The molecule has 0 aromatic rings. The van der Waals surface area contributed by atoms with E-state index < -0.39 is 6.30 Å². The van der Waals surface area contributed by atoms with Crippen molar-refractivity contribution in [3.8, 4) is 0 Å². The van der Waals surface area contributed by atoms with E-state index in [0.29, 0.717) is 0 Å². The first-order valence-electron chi connectivity index (χ1n) is 3.41. The molecule has 1 unspecified atom stereocenters. The highest BCUT2D eigenvalue weighted by molar-refractivity contribution is 5.77. The fourth-order valence-corrected chi connectivity index (χ4v) is 0.477. The van der Waals surface area contributed by atoms with Gasteiger partial charge in [0.2, 0.25) is 0 Å². The Morgan fingerprint density at radius 3 is 2.40 bits per heavy atom. The Bertz CT molecular complexity index is 114. The second kappa shape index (κ2) is 4.39. The lowest BCUT2D eigenvalue weighted by molar-refractivity contribution is -0.116. The molecule has 0 bridgehead atoms. The van der Waals surface area contributed by atoms with E-state index in [1.54, 1.807) is 13.8 Å². The van der Waals surface area contributed by atoms with Crippen molar-refractivity contribution in [3.63, 3.8) is 0 Å². The van der Waals surface area contributed by atoms with Crippen LogP contribution in [-0.4, -0.2) is 18.6 Å². The van der Waals surface area contributed by atoms with E-state index in [2.05, 4.69) is 5.32 Å². The van der Waals surface area contributed by atoms with Gasteiger partial charge in [-0.3, -0.25) is 10.1 Å². The molecule has 0 saturated carbocycles. The van der Waals surface area contributed by atoms with Crippen molar-refractivity contribution < 1.29 is 9.18 Å². The van der Waals surface area contributed by atoms with Crippen LogP contribution in [0.15, 0.2) is 0 Å². The van der Waals surface area contributed by atoms with Crippen molar-refractivity contribution >= 4 is 5.78 Å². The van der Waals surface area contributed by atoms with Crippen molar-refractivity contribution in [3.05, 3.63) is 0 Å². The molecule has 0 fully saturated rings. The van der Waals surface area contributed by atoms with Crippen LogP contribution in [0.5, 0.6) is 0 Å². The Morgan fingerprint density at radius 2 is 2.10 bits per heavy atom. The monoisotopic (exact) mass is 147 g/mol. The molecule has 60 valence electrons. The number of rotatable bonds is 4. The van der Waals surface area contributed by atoms with Gasteiger partial charge in [0.05, 0.1) is 6.54 Å². The van der Waals surface area contributed by atoms with Crippen LogP contribution in [0.2, 0.25) is 0 Å². The Labute approximate surface area is 60.8 Å². The van der Waals surface area contributed by atoms with E-state index in [4.69, 9.17) is 0 Å². The van der Waals surface area contributed by atoms with E-state index in [-0.39, 0.29) is 18.2 Å². The van der Waals surface area contributed by atoms with Crippen molar-refractivity contribution in [2.24, 2.45) is 5.92 Å². The number of carbonyl (C=O) groups excluding carboxylic acids is 1. The minimum atomic E-state index is -1.07. The van der Waals surface area contributed by atoms with E-state index in [0.717, 1.165) is 0 Å². The molecule has 0 aliphatic carbocycles. The first-order valence-corrected chi connectivity index (χ1v) is 3.41. The molecule has 0 spiro atoms. The summed E-state index contributed by atoms with van der Waals surface area (Å²) >= 11 is 0. The van der Waals surface area contributed by atoms with Gasteiger partial charge in [-0.1, -0.05) is 13.8 Å². The number of carbonyl (C=O) groups is 1. The number of halogens is 1. The number of Topliss-reactive ketones (excluding diaryl/α,β-unsaturated/α-hetero) is 1. The molecule has 10 heavy (non-hydrogen) atoms. The Balaban J connectivity index is 3.39. The van der Waals surface area contributed by atoms with Gasteiger partial charge in [-0.2, -0.15) is 0 Å². The van der Waals surface area contributed by atoms with Crippen LogP contribution in [0, 0.1) is 5.92 Å². The van der Waals surface area contributed by atoms with Crippen LogP contribution in [0.3, 0.4) is 0 Å². The molecule has 0 heterocycles. The van der Waals surface area contributed by atoms with Gasteiger partial charge in [0, 0.05) is 0 Å². The van der Waals surface area contributed by atoms with Crippen LogP contribution in [0.1, 0.15) is 20.8 Å². The SMILES string of the molecule is CC(=O)CNC(F)C(C)C. The number of ketones is 1. The van der Waals surface area contributed by atoms with Crippen LogP contribution < -0.4 is 5.32 Å². The van der Waals surface area contributed by atoms with Crippen LogP contribution in [0.25, 0.3) is 0 Å². The molecule has 0 aromatic carbocycles. The van der Waals surface area contributed by atoms with Gasteiger partial charge >= 0.3 is 0 Å². The standard InChI is InChI=1S/C7H14FNO/c1-5(2)7(8)9-4-6(3)10/h5,7,9H,4H2,1-3H3. The molecule has 0 radical (unpaired) electrons. The predicted octanol–water partition coefficient (Wildman–Crippen LogP) is 1.12. The fraction of sp³-hybridized carbons (Fsp3) is 0.857. The fourth-order valence-electron chi connectivity index (χ4n) is 0.477. The summed E-state index contributed by atoms with van der Waals surface area (Å²) in [4.78, 5) is 10.3. The summed E-state index contributed by atoms with van der Waals surface area (Å²) in [6, 6.07) is 0. The maximum Gasteiger partial charge on any atom is 0.153 e. The number of hydrogen-bond donors (Lipinski definition) is 1. The molecule has 0 rings (SSSR count). The second-order valence-electron chi connectivity index (χ2n) is 2.73. The molecule has 3 heteroatoms. The zero-order valence-electron chi connectivity index (χ0n) is 6.65. The molecular weight excluding hydrogens is 133 g/mol. The molecule has 0 aromatic heterocycles. The summed E-state index contributed by atoms with van der Waals surface area (Å²) in [6.45, 7) is 5.08. The van der Waals surface area contributed by atoms with Crippen molar-refractivity contribution in [1.29, 1.82) is 0 Å². The van der Waals surface area contributed by atoms with E-state index >= 15 is 0 Å². The summed E-state index contributed by atoms with van der Waals surface area (Å²) in [5.74, 6) is -0.109. The topological polar surface area (TPSA) is 29.1 Å². The predicted molar refractivity (Wildman–Crippen MR) is 38.4 cm³/mol. The van der Waals surface area contributed by atoms with Gasteiger partial charge < -0.3 is 0 Å². The molecule has 0 aliphatic heterocycles.